The molecular weight excluding hydrogens is 250 g/mol. The summed E-state index contributed by atoms with van der Waals surface area (Å²) in [4.78, 5) is 4.26. The average Bonchev–Trinajstić information content (AvgIpc) is 2.39. The number of ether oxygens (including phenoxy) is 1. The van der Waals surface area contributed by atoms with E-state index >= 15 is 0 Å². The van der Waals surface area contributed by atoms with E-state index in [1.165, 1.54) is 19.3 Å². The van der Waals surface area contributed by atoms with E-state index in [1.807, 2.05) is 0 Å². The van der Waals surface area contributed by atoms with Gasteiger partial charge in [0.2, 0.25) is 5.88 Å². The lowest BCUT2D eigenvalue weighted by Crippen LogP contribution is -2.53. The zero-order valence-electron chi connectivity index (χ0n) is 11.5. The standard InChI is InChI=1S/C16H19N3O/c17-8-13-4-14(18)9-19-15(13)20-16-5-10-1-11(6-16)3-12(2-10)7-16/h4,9-12H,1-3,5-7,18H2. The van der Waals surface area contributed by atoms with Crippen LogP contribution in [0.3, 0.4) is 0 Å². The largest absolute Gasteiger partial charge is 0.470 e. The third-order valence-electron chi connectivity index (χ3n) is 5.29. The van der Waals surface area contributed by atoms with Crippen LogP contribution in [-0.4, -0.2) is 10.6 Å². The number of nitrogens with two attached hydrogens (primary N) is 1. The molecule has 0 spiro atoms. The van der Waals surface area contributed by atoms with Crippen LogP contribution in [-0.2, 0) is 0 Å². The molecule has 4 bridgehead atoms. The van der Waals surface area contributed by atoms with E-state index in [-0.39, 0.29) is 5.60 Å². The van der Waals surface area contributed by atoms with Gasteiger partial charge in [-0.25, -0.2) is 4.98 Å². The summed E-state index contributed by atoms with van der Waals surface area (Å²) in [5.74, 6) is 2.94. The lowest BCUT2D eigenvalue weighted by atomic mass is 9.54. The molecule has 2 N–H and O–H groups in total. The summed E-state index contributed by atoms with van der Waals surface area (Å²) in [6.07, 6.45) is 9.12. The lowest BCUT2D eigenvalue weighted by molar-refractivity contribution is -0.109. The molecule has 104 valence electrons. The SMILES string of the molecule is N#Cc1cc(N)cnc1OC12CC3CC(CC(C3)C1)C2. The quantitative estimate of drug-likeness (QED) is 0.896. The molecule has 4 heteroatoms. The topological polar surface area (TPSA) is 71.9 Å². The maximum Gasteiger partial charge on any atom is 0.232 e. The van der Waals surface area contributed by atoms with Crippen molar-refractivity contribution in [1.29, 1.82) is 5.26 Å². The van der Waals surface area contributed by atoms with E-state index in [2.05, 4.69) is 11.1 Å². The van der Waals surface area contributed by atoms with Crippen molar-refractivity contribution < 1.29 is 4.74 Å². The second-order valence-corrected chi connectivity index (χ2v) is 6.94. The van der Waals surface area contributed by atoms with Crippen molar-refractivity contribution in [2.45, 2.75) is 44.1 Å². The molecule has 0 radical (unpaired) electrons. The number of aromatic nitrogens is 1. The van der Waals surface area contributed by atoms with Crippen molar-refractivity contribution in [3.8, 4) is 11.9 Å². The molecule has 1 aromatic heterocycles. The summed E-state index contributed by atoms with van der Waals surface area (Å²) in [6, 6.07) is 3.81. The number of rotatable bonds is 2. The van der Waals surface area contributed by atoms with Gasteiger partial charge in [0.1, 0.15) is 17.2 Å². The van der Waals surface area contributed by atoms with Crippen molar-refractivity contribution in [3.05, 3.63) is 17.8 Å². The van der Waals surface area contributed by atoms with Crippen molar-refractivity contribution in [2.24, 2.45) is 17.8 Å². The molecule has 5 rings (SSSR count). The Hall–Kier alpha value is -1.76. The van der Waals surface area contributed by atoms with Gasteiger partial charge in [-0.2, -0.15) is 5.26 Å². The molecule has 4 fully saturated rings. The molecule has 0 unspecified atom stereocenters. The van der Waals surface area contributed by atoms with Gasteiger partial charge in [0.15, 0.2) is 0 Å². The van der Waals surface area contributed by atoms with Crippen LogP contribution < -0.4 is 10.5 Å². The average molecular weight is 269 g/mol. The summed E-state index contributed by atoms with van der Waals surface area (Å²) < 4.78 is 6.30. The first-order valence-electron chi connectivity index (χ1n) is 7.50. The van der Waals surface area contributed by atoms with Crippen LogP contribution in [0.15, 0.2) is 12.3 Å². The highest BCUT2D eigenvalue weighted by molar-refractivity contribution is 5.48. The van der Waals surface area contributed by atoms with Gasteiger partial charge >= 0.3 is 0 Å². The summed E-state index contributed by atoms with van der Waals surface area (Å²) in [5.41, 5.74) is 6.60. The van der Waals surface area contributed by atoms with Gasteiger partial charge < -0.3 is 10.5 Å². The smallest absolute Gasteiger partial charge is 0.232 e. The number of anilines is 1. The van der Waals surface area contributed by atoms with Crippen LogP contribution in [0.2, 0.25) is 0 Å². The van der Waals surface area contributed by atoms with Gasteiger partial charge in [-0.3, -0.25) is 0 Å². The second kappa shape index (κ2) is 4.12. The zero-order valence-corrected chi connectivity index (χ0v) is 11.5. The van der Waals surface area contributed by atoms with Crippen molar-refractivity contribution in [1.82, 2.24) is 4.98 Å². The van der Waals surface area contributed by atoms with Crippen LogP contribution in [0.25, 0.3) is 0 Å². The molecule has 1 heterocycles. The maximum atomic E-state index is 9.23. The molecule has 4 nitrogen and oxygen atoms in total. The predicted octanol–water partition coefficient (Wildman–Crippen LogP) is 2.88. The molecule has 0 saturated heterocycles. The van der Waals surface area contributed by atoms with Gasteiger partial charge in [-0.05, 0) is 62.3 Å². The number of hydrogen-bond donors (Lipinski definition) is 1. The first-order chi connectivity index (χ1) is 9.66. The number of hydrogen-bond acceptors (Lipinski definition) is 4. The van der Waals surface area contributed by atoms with Crippen LogP contribution >= 0.6 is 0 Å². The Bertz CT molecular complexity index is 555. The van der Waals surface area contributed by atoms with E-state index < -0.39 is 0 Å². The zero-order chi connectivity index (χ0) is 13.7. The third kappa shape index (κ3) is 1.84. The summed E-state index contributed by atoms with van der Waals surface area (Å²) in [7, 11) is 0. The molecule has 0 atom stereocenters. The minimum Gasteiger partial charge on any atom is -0.470 e. The Morgan fingerprint density at radius 2 is 1.80 bits per heavy atom. The summed E-state index contributed by atoms with van der Waals surface area (Å²) in [5, 5.41) is 9.23. The fraction of sp³-hybridized carbons (Fsp3) is 0.625. The fourth-order valence-electron chi connectivity index (χ4n) is 4.99. The molecule has 4 saturated carbocycles. The Morgan fingerprint density at radius 1 is 1.20 bits per heavy atom. The molecule has 4 aliphatic rings. The Balaban J connectivity index is 1.65. The van der Waals surface area contributed by atoms with Gasteiger partial charge in [0.05, 0.1) is 11.9 Å². The summed E-state index contributed by atoms with van der Waals surface area (Å²) in [6.45, 7) is 0. The van der Waals surface area contributed by atoms with E-state index in [9.17, 15) is 5.26 Å². The fourth-order valence-corrected chi connectivity index (χ4v) is 4.99. The van der Waals surface area contributed by atoms with Crippen LogP contribution in [0, 0.1) is 29.1 Å². The van der Waals surface area contributed by atoms with Crippen LogP contribution in [0.4, 0.5) is 5.69 Å². The normalized spacial score (nSPS) is 37.6. The number of nitrogens with zero attached hydrogens (tertiary/aromatic N) is 2. The highest BCUT2D eigenvalue weighted by atomic mass is 16.5. The number of nitriles is 1. The van der Waals surface area contributed by atoms with Crippen LogP contribution in [0.1, 0.15) is 44.1 Å². The highest BCUT2D eigenvalue weighted by Gasteiger charge is 2.52. The second-order valence-electron chi connectivity index (χ2n) is 6.94. The van der Waals surface area contributed by atoms with E-state index in [0.717, 1.165) is 37.0 Å². The first-order valence-corrected chi connectivity index (χ1v) is 7.50. The maximum absolute atomic E-state index is 9.23. The van der Waals surface area contributed by atoms with E-state index in [0.29, 0.717) is 17.1 Å². The lowest BCUT2D eigenvalue weighted by Gasteiger charge is -2.55. The van der Waals surface area contributed by atoms with Gasteiger partial charge in [0, 0.05) is 0 Å². The number of pyridine rings is 1. The van der Waals surface area contributed by atoms with E-state index in [1.54, 1.807) is 12.3 Å². The summed E-state index contributed by atoms with van der Waals surface area (Å²) >= 11 is 0. The first kappa shape index (κ1) is 12.0. The van der Waals surface area contributed by atoms with E-state index in [4.69, 9.17) is 10.5 Å². The molecule has 0 aliphatic heterocycles. The Morgan fingerprint density at radius 3 is 2.35 bits per heavy atom. The molecule has 0 amide bonds. The van der Waals surface area contributed by atoms with Crippen molar-refractivity contribution in [3.63, 3.8) is 0 Å². The van der Waals surface area contributed by atoms with Crippen molar-refractivity contribution >= 4 is 5.69 Å². The molecule has 20 heavy (non-hydrogen) atoms. The molecule has 1 aromatic rings. The van der Waals surface area contributed by atoms with Gasteiger partial charge in [-0.15, -0.1) is 0 Å². The number of nitrogen functional groups attached to an aromatic ring is 1. The third-order valence-corrected chi connectivity index (χ3v) is 5.29. The monoisotopic (exact) mass is 269 g/mol. The van der Waals surface area contributed by atoms with Gasteiger partial charge in [0.25, 0.3) is 0 Å². The van der Waals surface area contributed by atoms with Gasteiger partial charge in [-0.1, -0.05) is 0 Å². The predicted molar refractivity (Wildman–Crippen MR) is 74.9 cm³/mol. The highest BCUT2D eigenvalue weighted by Crippen LogP contribution is 2.57. The molecule has 4 aliphatic carbocycles. The van der Waals surface area contributed by atoms with Crippen LogP contribution in [0.5, 0.6) is 5.88 Å². The minimum absolute atomic E-state index is 0.0660. The molecular formula is C16H19N3O. The minimum atomic E-state index is -0.0660. The van der Waals surface area contributed by atoms with Crippen molar-refractivity contribution in [2.75, 3.05) is 5.73 Å². The molecule has 0 aromatic carbocycles. The Kier molecular flexibility index (Phi) is 2.47. The Labute approximate surface area is 118 Å².